The number of hydrogen-bond acceptors (Lipinski definition) is 7. The number of nitrogens with zero attached hydrogens (tertiary/aromatic N) is 2. The third-order valence-corrected chi connectivity index (χ3v) is 3.05. The second-order valence-electron chi connectivity index (χ2n) is 4.15. The lowest BCUT2D eigenvalue weighted by molar-refractivity contribution is -0.0176. The summed E-state index contributed by atoms with van der Waals surface area (Å²) in [6.07, 6.45) is 1.84. The molecule has 1 aliphatic heterocycles. The highest BCUT2D eigenvalue weighted by Crippen LogP contribution is 2.25. The number of ether oxygens (including phenoxy) is 1. The van der Waals surface area contributed by atoms with Crippen LogP contribution >= 0.6 is 0 Å². The van der Waals surface area contributed by atoms with Crippen LogP contribution in [0, 0.1) is 0 Å². The molecule has 1 saturated heterocycles. The van der Waals surface area contributed by atoms with Crippen molar-refractivity contribution in [2.45, 2.75) is 25.0 Å². The molecule has 1 aromatic rings. The van der Waals surface area contributed by atoms with Crippen LogP contribution in [0.15, 0.2) is 12.4 Å². The van der Waals surface area contributed by atoms with Crippen LogP contribution in [-0.4, -0.2) is 39.9 Å². The maximum atomic E-state index is 10.3. The number of rotatable bonds is 4. The van der Waals surface area contributed by atoms with E-state index in [1.54, 1.807) is 6.07 Å². The van der Waals surface area contributed by atoms with Gasteiger partial charge in [-0.25, -0.2) is 15.8 Å². The highest BCUT2D eigenvalue weighted by molar-refractivity contribution is 5.45. The molecule has 94 valence electrons. The standard InChI is InChI=1S/C10H17N5O2/c1-7-10(16,2-3-17-7)5-12-8-4-9(15-11)14-6-13-8/h4,6-7,16H,2-3,5,11H2,1H3,(H2,12,13,14,15). The predicted molar refractivity (Wildman–Crippen MR) is 63.3 cm³/mol. The van der Waals surface area contributed by atoms with Gasteiger partial charge in [-0.1, -0.05) is 0 Å². The molecule has 7 nitrogen and oxygen atoms in total. The minimum atomic E-state index is -0.846. The van der Waals surface area contributed by atoms with E-state index in [0.717, 1.165) is 0 Å². The van der Waals surface area contributed by atoms with E-state index >= 15 is 0 Å². The van der Waals surface area contributed by atoms with Crippen molar-refractivity contribution < 1.29 is 9.84 Å². The second kappa shape index (κ2) is 4.82. The minimum Gasteiger partial charge on any atom is -0.385 e. The van der Waals surface area contributed by atoms with Gasteiger partial charge in [-0.2, -0.15) is 0 Å². The van der Waals surface area contributed by atoms with E-state index in [9.17, 15) is 5.11 Å². The first kappa shape index (κ1) is 12.0. The number of anilines is 2. The van der Waals surface area contributed by atoms with E-state index in [2.05, 4.69) is 20.7 Å². The molecule has 2 unspecified atom stereocenters. The summed E-state index contributed by atoms with van der Waals surface area (Å²) in [4.78, 5) is 7.93. The van der Waals surface area contributed by atoms with Gasteiger partial charge in [0, 0.05) is 25.6 Å². The lowest BCUT2D eigenvalue weighted by atomic mass is 9.97. The van der Waals surface area contributed by atoms with Crippen LogP contribution in [0.2, 0.25) is 0 Å². The molecule has 2 rings (SSSR count). The highest BCUT2D eigenvalue weighted by atomic mass is 16.5. The Morgan fingerprint density at radius 2 is 2.35 bits per heavy atom. The Morgan fingerprint density at radius 1 is 1.59 bits per heavy atom. The monoisotopic (exact) mass is 239 g/mol. The Labute approximate surface area is 99.4 Å². The number of nitrogen functional groups attached to an aromatic ring is 1. The van der Waals surface area contributed by atoms with Gasteiger partial charge in [0.25, 0.3) is 0 Å². The van der Waals surface area contributed by atoms with E-state index in [0.29, 0.717) is 31.2 Å². The Hall–Kier alpha value is -1.44. The van der Waals surface area contributed by atoms with Crippen molar-refractivity contribution in [2.75, 3.05) is 23.9 Å². The second-order valence-corrected chi connectivity index (χ2v) is 4.15. The number of hydrazine groups is 1. The van der Waals surface area contributed by atoms with E-state index in [-0.39, 0.29) is 6.10 Å². The van der Waals surface area contributed by atoms with E-state index in [1.165, 1.54) is 6.33 Å². The largest absolute Gasteiger partial charge is 0.385 e. The summed E-state index contributed by atoms with van der Waals surface area (Å²) in [6.45, 7) is 2.83. The third-order valence-electron chi connectivity index (χ3n) is 3.05. The normalized spacial score (nSPS) is 28.1. The summed E-state index contributed by atoms with van der Waals surface area (Å²) < 4.78 is 5.35. The van der Waals surface area contributed by atoms with Crippen molar-refractivity contribution in [1.29, 1.82) is 0 Å². The van der Waals surface area contributed by atoms with Crippen LogP contribution in [0.1, 0.15) is 13.3 Å². The van der Waals surface area contributed by atoms with Gasteiger partial charge in [-0.3, -0.25) is 0 Å². The first-order chi connectivity index (χ1) is 8.14. The van der Waals surface area contributed by atoms with Crippen molar-refractivity contribution in [3.63, 3.8) is 0 Å². The number of aromatic nitrogens is 2. The fourth-order valence-corrected chi connectivity index (χ4v) is 1.78. The lowest BCUT2D eigenvalue weighted by Crippen LogP contribution is -2.43. The van der Waals surface area contributed by atoms with Gasteiger partial charge in [-0.05, 0) is 6.92 Å². The van der Waals surface area contributed by atoms with Crippen molar-refractivity contribution in [2.24, 2.45) is 5.84 Å². The summed E-state index contributed by atoms with van der Waals surface area (Å²) >= 11 is 0. The van der Waals surface area contributed by atoms with Crippen LogP contribution in [0.5, 0.6) is 0 Å². The first-order valence-corrected chi connectivity index (χ1v) is 5.50. The third kappa shape index (κ3) is 2.63. The van der Waals surface area contributed by atoms with Crippen LogP contribution in [0.3, 0.4) is 0 Å². The van der Waals surface area contributed by atoms with Crippen LogP contribution in [0.25, 0.3) is 0 Å². The molecule has 1 aromatic heterocycles. The molecule has 2 atom stereocenters. The average Bonchev–Trinajstić information content (AvgIpc) is 2.68. The van der Waals surface area contributed by atoms with Gasteiger partial charge in [0.1, 0.15) is 23.6 Å². The fraction of sp³-hybridized carbons (Fsp3) is 0.600. The summed E-state index contributed by atoms with van der Waals surface area (Å²) in [5, 5.41) is 13.3. The molecule has 0 aliphatic carbocycles. The van der Waals surface area contributed by atoms with Gasteiger partial charge >= 0.3 is 0 Å². The zero-order valence-corrected chi connectivity index (χ0v) is 9.68. The smallest absolute Gasteiger partial charge is 0.145 e. The number of nitrogens with two attached hydrogens (primary N) is 1. The minimum absolute atomic E-state index is 0.177. The zero-order valence-electron chi connectivity index (χ0n) is 9.68. The Kier molecular flexibility index (Phi) is 3.41. The molecule has 2 heterocycles. The van der Waals surface area contributed by atoms with Crippen LogP contribution in [0.4, 0.5) is 11.6 Å². The number of hydrogen-bond donors (Lipinski definition) is 4. The highest BCUT2D eigenvalue weighted by Gasteiger charge is 2.39. The molecule has 17 heavy (non-hydrogen) atoms. The molecular formula is C10H17N5O2. The molecule has 0 aromatic carbocycles. The van der Waals surface area contributed by atoms with Crippen molar-refractivity contribution in [3.05, 3.63) is 12.4 Å². The number of aliphatic hydroxyl groups is 1. The molecule has 0 spiro atoms. The van der Waals surface area contributed by atoms with Crippen LogP contribution in [-0.2, 0) is 4.74 Å². The quantitative estimate of drug-likeness (QED) is 0.423. The Balaban J connectivity index is 1.97. The molecule has 7 heteroatoms. The molecule has 0 bridgehead atoms. The predicted octanol–water partition coefficient (Wildman–Crippen LogP) is -0.286. The van der Waals surface area contributed by atoms with E-state index < -0.39 is 5.60 Å². The SMILES string of the molecule is CC1OCCC1(O)CNc1cc(NN)ncn1. The molecule has 1 aliphatic rings. The van der Waals surface area contributed by atoms with E-state index in [1.807, 2.05) is 6.92 Å². The van der Waals surface area contributed by atoms with Crippen LogP contribution < -0.4 is 16.6 Å². The Morgan fingerprint density at radius 3 is 3.00 bits per heavy atom. The molecule has 0 saturated carbocycles. The molecule has 0 radical (unpaired) electrons. The van der Waals surface area contributed by atoms with Crippen molar-refractivity contribution >= 4 is 11.6 Å². The van der Waals surface area contributed by atoms with Gasteiger partial charge < -0.3 is 20.6 Å². The lowest BCUT2D eigenvalue weighted by Gasteiger charge is -2.26. The van der Waals surface area contributed by atoms with Gasteiger partial charge in [0.05, 0.1) is 6.10 Å². The summed E-state index contributed by atoms with van der Waals surface area (Å²) in [6, 6.07) is 1.67. The summed E-state index contributed by atoms with van der Waals surface area (Å²) in [5.41, 5.74) is 1.59. The summed E-state index contributed by atoms with van der Waals surface area (Å²) in [7, 11) is 0. The van der Waals surface area contributed by atoms with E-state index in [4.69, 9.17) is 10.6 Å². The fourth-order valence-electron chi connectivity index (χ4n) is 1.78. The Bertz CT molecular complexity index is 389. The van der Waals surface area contributed by atoms with Crippen molar-refractivity contribution in [1.82, 2.24) is 9.97 Å². The topological polar surface area (TPSA) is 105 Å². The molecule has 5 N–H and O–H groups in total. The maximum absolute atomic E-state index is 10.3. The van der Waals surface area contributed by atoms with Gasteiger partial charge in [0.15, 0.2) is 0 Å². The van der Waals surface area contributed by atoms with Crippen molar-refractivity contribution in [3.8, 4) is 0 Å². The average molecular weight is 239 g/mol. The molecular weight excluding hydrogens is 222 g/mol. The number of nitrogens with one attached hydrogen (secondary N) is 2. The summed E-state index contributed by atoms with van der Waals surface area (Å²) in [5.74, 6) is 6.38. The van der Waals surface area contributed by atoms with Gasteiger partial charge in [-0.15, -0.1) is 0 Å². The first-order valence-electron chi connectivity index (χ1n) is 5.50. The van der Waals surface area contributed by atoms with Gasteiger partial charge in [0.2, 0.25) is 0 Å². The maximum Gasteiger partial charge on any atom is 0.145 e. The molecule has 0 amide bonds. The zero-order chi connectivity index (χ0) is 12.3. The molecule has 1 fully saturated rings.